The number of hydrogen-bond donors (Lipinski definition) is 3. The average molecular weight is 915 g/mol. The van der Waals surface area contributed by atoms with Crippen molar-refractivity contribution in [3.8, 4) is 0 Å². The quantitative estimate of drug-likeness (QED) is 0.0321. The van der Waals surface area contributed by atoms with Gasteiger partial charge in [-0.3, -0.25) is 9.59 Å². The number of carbonyl (C=O) groups is 2. The number of hydrogen-bond acceptors (Lipinski definition) is 5. The lowest BCUT2D eigenvalue weighted by atomic mass is 10.0. The van der Waals surface area contributed by atoms with Crippen LogP contribution in [-0.4, -0.2) is 47.4 Å². The highest BCUT2D eigenvalue weighted by Crippen LogP contribution is 2.17. The number of carbonyl (C=O) groups excluding carboxylic acids is 2. The SMILES string of the molecule is CCCCCCCCCCCCCCCCCCCCCCC/C=C/C(O)C(CO)NC(=O)CC/C=C\C/C=C\CCCCCCCCOC(=O)CCCCCCCCCCCCCC. The molecule has 6 heteroatoms. The van der Waals surface area contributed by atoms with Crippen LogP contribution >= 0.6 is 0 Å². The Labute approximate surface area is 404 Å². The van der Waals surface area contributed by atoms with Crippen LogP contribution in [0.15, 0.2) is 36.5 Å². The summed E-state index contributed by atoms with van der Waals surface area (Å²) >= 11 is 0. The second kappa shape index (κ2) is 54.7. The Hall–Kier alpha value is -1.92. The molecule has 0 radical (unpaired) electrons. The van der Waals surface area contributed by atoms with Gasteiger partial charge in [0.05, 0.1) is 25.4 Å². The third-order valence-electron chi connectivity index (χ3n) is 13.2. The predicted octanol–water partition coefficient (Wildman–Crippen LogP) is 17.6. The molecule has 382 valence electrons. The summed E-state index contributed by atoms with van der Waals surface area (Å²) in [5.41, 5.74) is 0. The van der Waals surface area contributed by atoms with E-state index in [1.807, 2.05) is 12.2 Å². The van der Waals surface area contributed by atoms with Crippen molar-refractivity contribution in [2.45, 2.75) is 315 Å². The number of ether oxygens (including phenoxy) is 1. The van der Waals surface area contributed by atoms with Crippen LogP contribution in [0.1, 0.15) is 303 Å². The third-order valence-corrected chi connectivity index (χ3v) is 13.2. The summed E-state index contributed by atoms with van der Waals surface area (Å²) in [6.07, 6.45) is 67.5. The molecule has 2 unspecified atom stereocenters. The Balaban J connectivity index is 3.57. The van der Waals surface area contributed by atoms with Gasteiger partial charge in [-0.25, -0.2) is 0 Å². The fourth-order valence-corrected chi connectivity index (χ4v) is 8.74. The molecule has 0 aromatic heterocycles. The molecular formula is C59H111NO5. The van der Waals surface area contributed by atoms with Crippen molar-refractivity contribution in [3.63, 3.8) is 0 Å². The van der Waals surface area contributed by atoms with Crippen LogP contribution in [0.5, 0.6) is 0 Å². The molecule has 0 aromatic rings. The van der Waals surface area contributed by atoms with Gasteiger partial charge in [-0.15, -0.1) is 0 Å². The highest BCUT2D eigenvalue weighted by molar-refractivity contribution is 5.76. The maximum absolute atomic E-state index is 12.4. The first kappa shape index (κ1) is 63.1. The number of esters is 1. The van der Waals surface area contributed by atoms with Crippen LogP contribution < -0.4 is 5.32 Å². The van der Waals surface area contributed by atoms with Crippen molar-refractivity contribution < 1.29 is 24.5 Å². The van der Waals surface area contributed by atoms with Gasteiger partial charge < -0.3 is 20.3 Å². The fraction of sp³-hybridized carbons (Fsp3) is 0.864. The molecule has 2 atom stereocenters. The third kappa shape index (κ3) is 51.3. The lowest BCUT2D eigenvalue weighted by Crippen LogP contribution is -2.45. The number of unbranched alkanes of at least 4 members (excludes halogenated alkanes) is 38. The first-order valence-corrected chi connectivity index (χ1v) is 28.8. The summed E-state index contributed by atoms with van der Waals surface area (Å²) in [5.74, 6) is -0.164. The van der Waals surface area contributed by atoms with Crippen LogP contribution in [0.2, 0.25) is 0 Å². The van der Waals surface area contributed by atoms with Gasteiger partial charge >= 0.3 is 5.97 Å². The van der Waals surface area contributed by atoms with E-state index in [1.165, 1.54) is 218 Å². The van der Waals surface area contributed by atoms with E-state index < -0.39 is 12.1 Å². The average Bonchev–Trinajstić information content (AvgIpc) is 3.31. The minimum atomic E-state index is -0.880. The van der Waals surface area contributed by atoms with Crippen LogP contribution in [0.4, 0.5) is 0 Å². The van der Waals surface area contributed by atoms with E-state index >= 15 is 0 Å². The lowest BCUT2D eigenvalue weighted by molar-refractivity contribution is -0.143. The minimum Gasteiger partial charge on any atom is -0.466 e. The van der Waals surface area contributed by atoms with Crippen molar-refractivity contribution in [3.05, 3.63) is 36.5 Å². The van der Waals surface area contributed by atoms with Crippen LogP contribution in [-0.2, 0) is 14.3 Å². The van der Waals surface area contributed by atoms with E-state index in [9.17, 15) is 19.8 Å². The Bertz CT molecular complexity index is 1060. The molecule has 65 heavy (non-hydrogen) atoms. The molecule has 0 aliphatic heterocycles. The zero-order chi connectivity index (χ0) is 47.2. The monoisotopic (exact) mass is 914 g/mol. The van der Waals surface area contributed by atoms with Crippen molar-refractivity contribution >= 4 is 11.9 Å². The second-order valence-electron chi connectivity index (χ2n) is 19.6. The number of allylic oxidation sites excluding steroid dienone is 5. The fourth-order valence-electron chi connectivity index (χ4n) is 8.74. The van der Waals surface area contributed by atoms with Gasteiger partial charge in [0, 0.05) is 12.8 Å². The van der Waals surface area contributed by atoms with Crippen molar-refractivity contribution in [2.75, 3.05) is 13.2 Å². The first-order chi connectivity index (χ1) is 32.0. The summed E-state index contributed by atoms with van der Waals surface area (Å²) in [4.78, 5) is 24.4. The summed E-state index contributed by atoms with van der Waals surface area (Å²) in [6.45, 7) is 4.85. The normalized spacial score (nSPS) is 12.9. The number of nitrogens with one attached hydrogen (secondary N) is 1. The number of amides is 1. The van der Waals surface area contributed by atoms with Gasteiger partial charge in [-0.2, -0.15) is 0 Å². The molecule has 0 rings (SSSR count). The highest BCUT2D eigenvalue weighted by Gasteiger charge is 2.17. The van der Waals surface area contributed by atoms with Crippen molar-refractivity contribution in [1.29, 1.82) is 0 Å². The largest absolute Gasteiger partial charge is 0.466 e. The smallest absolute Gasteiger partial charge is 0.305 e. The molecule has 0 heterocycles. The summed E-state index contributed by atoms with van der Waals surface area (Å²) in [5, 5.41) is 23.1. The van der Waals surface area contributed by atoms with Crippen molar-refractivity contribution in [2.24, 2.45) is 0 Å². The van der Waals surface area contributed by atoms with Gasteiger partial charge in [0.25, 0.3) is 0 Å². The Morgan fingerprint density at radius 2 is 0.785 bits per heavy atom. The van der Waals surface area contributed by atoms with Gasteiger partial charge in [-0.1, -0.05) is 275 Å². The Morgan fingerprint density at radius 3 is 1.20 bits per heavy atom. The van der Waals surface area contributed by atoms with E-state index in [-0.39, 0.29) is 18.5 Å². The van der Waals surface area contributed by atoms with E-state index in [0.29, 0.717) is 25.9 Å². The predicted molar refractivity (Wildman–Crippen MR) is 283 cm³/mol. The summed E-state index contributed by atoms with van der Waals surface area (Å²) in [7, 11) is 0. The first-order valence-electron chi connectivity index (χ1n) is 28.8. The van der Waals surface area contributed by atoms with E-state index in [0.717, 1.165) is 51.4 Å². The molecule has 6 nitrogen and oxygen atoms in total. The molecule has 0 fully saturated rings. The second-order valence-corrected chi connectivity index (χ2v) is 19.6. The topological polar surface area (TPSA) is 95.9 Å². The van der Waals surface area contributed by atoms with Crippen LogP contribution in [0, 0.1) is 0 Å². The van der Waals surface area contributed by atoms with Gasteiger partial charge in [0.1, 0.15) is 0 Å². The molecule has 0 saturated carbocycles. The summed E-state index contributed by atoms with van der Waals surface area (Å²) in [6, 6.07) is -0.672. The molecule has 0 spiro atoms. The molecule has 3 N–H and O–H groups in total. The lowest BCUT2D eigenvalue weighted by Gasteiger charge is -2.19. The zero-order valence-electron chi connectivity index (χ0n) is 43.5. The van der Waals surface area contributed by atoms with Gasteiger partial charge in [-0.05, 0) is 51.4 Å². The molecule has 0 aliphatic rings. The van der Waals surface area contributed by atoms with Gasteiger partial charge in [0.15, 0.2) is 0 Å². The minimum absolute atomic E-state index is 0.0176. The number of aliphatic hydroxyl groups is 2. The maximum atomic E-state index is 12.4. The van der Waals surface area contributed by atoms with Crippen LogP contribution in [0.25, 0.3) is 0 Å². The zero-order valence-corrected chi connectivity index (χ0v) is 43.5. The molecule has 1 amide bonds. The number of aliphatic hydroxyl groups excluding tert-OH is 2. The molecular weight excluding hydrogens is 803 g/mol. The Morgan fingerprint density at radius 1 is 0.431 bits per heavy atom. The number of rotatable bonds is 53. The van der Waals surface area contributed by atoms with Crippen LogP contribution in [0.3, 0.4) is 0 Å². The molecule has 0 saturated heterocycles. The van der Waals surface area contributed by atoms with Gasteiger partial charge in [0.2, 0.25) is 5.91 Å². The molecule has 0 aliphatic carbocycles. The van der Waals surface area contributed by atoms with E-state index in [2.05, 4.69) is 37.4 Å². The Kier molecular flexibility index (Phi) is 53.1. The highest BCUT2D eigenvalue weighted by atomic mass is 16.5. The standard InChI is InChI=1S/C59H111NO5/c1-3-5-7-9-11-13-15-17-18-19-20-21-22-23-24-25-26-28-31-35-39-43-47-51-57(62)56(55-61)60-58(63)52-48-44-40-36-32-29-27-30-34-38-42-46-50-54-65-59(64)53-49-45-41-37-33-16-14-12-10-8-6-4-2/h29,32,40,44,47,51,56-57,61-62H,3-28,30-31,33-39,41-43,45-46,48-50,52-55H2,1-2H3,(H,60,63)/b32-29-,44-40-,51-47+. The summed E-state index contributed by atoms with van der Waals surface area (Å²) < 4.78 is 5.45. The van der Waals surface area contributed by atoms with E-state index in [1.54, 1.807) is 6.08 Å². The maximum Gasteiger partial charge on any atom is 0.305 e. The van der Waals surface area contributed by atoms with E-state index in [4.69, 9.17) is 4.74 Å². The van der Waals surface area contributed by atoms with Crippen molar-refractivity contribution in [1.82, 2.24) is 5.32 Å². The molecule has 0 bridgehead atoms. The molecule has 0 aromatic carbocycles.